The van der Waals surface area contributed by atoms with E-state index >= 15 is 0 Å². The van der Waals surface area contributed by atoms with E-state index < -0.39 is 16.4 Å². The average Bonchev–Trinajstić information content (AvgIpc) is 2.90. The number of aliphatic hydroxyl groups is 1. The normalized spacial score (nSPS) is 48.8. The van der Waals surface area contributed by atoms with E-state index in [1.807, 2.05) is 13.0 Å². The third-order valence-electron chi connectivity index (χ3n) is 8.51. The zero-order chi connectivity index (χ0) is 21.4. The second kappa shape index (κ2) is 6.83. The number of esters is 1. The summed E-state index contributed by atoms with van der Waals surface area (Å²) in [5.74, 6) is 0.109. The Balaban J connectivity index is 1.77. The van der Waals surface area contributed by atoms with Gasteiger partial charge < -0.3 is 9.84 Å². The molecule has 0 unspecified atom stereocenters. The minimum absolute atomic E-state index is 0.0433. The van der Waals surface area contributed by atoms with E-state index in [4.69, 9.17) is 27.9 Å². The highest BCUT2D eigenvalue weighted by molar-refractivity contribution is 6.45. The van der Waals surface area contributed by atoms with Gasteiger partial charge in [0, 0.05) is 17.3 Å². The second-order valence-corrected chi connectivity index (χ2v) is 10.9. The summed E-state index contributed by atoms with van der Waals surface area (Å²) in [5.41, 5.74) is -0.145. The van der Waals surface area contributed by atoms with Crippen LogP contribution in [0.4, 0.5) is 0 Å². The van der Waals surface area contributed by atoms with Gasteiger partial charge in [0.05, 0.1) is 16.0 Å². The van der Waals surface area contributed by atoms with Gasteiger partial charge in [-0.2, -0.15) is 0 Å². The van der Waals surface area contributed by atoms with Crippen LogP contribution in [0.25, 0.3) is 0 Å². The molecule has 8 atom stereocenters. The van der Waals surface area contributed by atoms with Crippen LogP contribution in [0.5, 0.6) is 0 Å². The van der Waals surface area contributed by atoms with E-state index in [9.17, 15) is 14.7 Å². The van der Waals surface area contributed by atoms with Crippen LogP contribution < -0.4 is 0 Å². The number of fused-ring (bicyclic) bond motifs is 5. The number of allylic oxidation sites excluding steroid dienone is 4. The Morgan fingerprint density at radius 2 is 2.03 bits per heavy atom. The number of aliphatic hydroxyl groups excluding tert-OH is 1. The van der Waals surface area contributed by atoms with Crippen LogP contribution in [0, 0.1) is 28.6 Å². The number of carbonyl (C=O) groups excluding carboxylic acids is 2. The molecule has 0 spiro atoms. The van der Waals surface area contributed by atoms with Crippen LogP contribution >= 0.6 is 23.2 Å². The molecule has 160 valence electrons. The fourth-order valence-electron chi connectivity index (χ4n) is 7.09. The predicted molar refractivity (Wildman–Crippen MR) is 113 cm³/mol. The van der Waals surface area contributed by atoms with Crippen molar-refractivity contribution in [1.82, 2.24) is 0 Å². The summed E-state index contributed by atoms with van der Waals surface area (Å²) in [6.07, 6.45) is 5.53. The molecular formula is C23H30Cl2O4. The zero-order valence-electron chi connectivity index (χ0n) is 17.5. The van der Waals surface area contributed by atoms with Crippen molar-refractivity contribution in [3.8, 4) is 0 Å². The molecule has 0 bridgehead atoms. The molecule has 0 heterocycles. The van der Waals surface area contributed by atoms with Gasteiger partial charge in [0.15, 0.2) is 5.78 Å². The van der Waals surface area contributed by atoms with Crippen LogP contribution in [-0.4, -0.2) is 33.9 Å². The van der Waals surface area contributed by atoms with Gasteiger partial charge in [-0.3, -0.25) is 9.59 Å². The standard InChI is InChI=1S/C23H30Cl2O4/c1-5-18(28)29-20-12(2)10-15-13-6-7-14-19(24)16(26)8-9-22(14,4)23(13,25)17(27)11-21(15,20)3/h8-9,12-13,15,17,20,27H,5-7,10-11H2,1-4H3/t12-,13+,15+,17+,20-,21+,22+,23+/m1/s1. The lowest BCUT2D eigenvalue weighted by atomic mass is 9.47. The number of hydrogen-bond acceptors (Lipinski definition) is 4. The first-order valence-corrected chi connectivity index (χ1v) is 11.5. The molecule has 4 rings (SSSR count). The smallest absolute Gasteiger partial charge is 0.305 e. The first kappa shape index (κ1) is 21.4. The maximum atomic E-state index is 12.2. The lowest BCUT2D eigenvalue weighted by molar-refractivity contribution is -0.167. The maximum absolute atomic E-state index is 12.2. The number of hydrogen-bond donors (Lipinski definition) is 1. The van der Waals surface area contributed by atoms with Crippen LogP contribution in [0.1, 0.15) is 59.8 Å². The number of ether oxygens (including phenoxy) is 1. The highest BCUT2D eigenvalue weighted by Gasteiger charge is 2.70. The molecule has 29 heavy (non-hydrogen) atoms. The largest absolute Gasteiger partial charge is 0.461 e. The van der Waals surface area contributed by atoms with Gasteiger partial charge >= 0.3 is 5.97 Å². The van der Waals surface area contributed by atoms with Crippen LogP contribution in [0.2, 0.25) is 0 Å². The third-order valence-corrected chi connectivity index (χ3v) is 9.85. The van der Waals surface area contributed by atoms with Crippen molar-refractivity contribution in [3.05, 3.63) is 22.8 Å². The number of alkyl halides is 1. The Morgan fingerprint density at radius 3 is 2.69 bits per heavy atom. The monoisotopic (exact) mass is 440 g/mol. The Hall–Kier alpha value is -0.840. The quantitative estimate of drug-likeness (QED) is 0.496. The first-order chi connectivity index (χ1) is 13.5. The van der Waals surface area contributed by atoms with E-state index in [0.717, 1.165) is 18.4 Å². The van der Waals surface area contributed by atoms with Gasteiger partial charge in [0.1, 0.15) is 6.10 Å². The molecule has 0 aromatic carbocycles. The summed E-state index contributed by atoms with van der Waals surface area (Å²) in [5, 5.41) is 11.7. The van der Waals surface area contributed by atoms with Crippen molar-refractivity contribution >= 4 is 35.0 Å². The zero-order valence-corrected chi connectivity index (χ0v) is 19.0. The second-order valence-electron chi connectivity index (χ2n) is 9.91. The van der Waals surface area contributed by atoms with Gasteiger partial charge in [0.25, 0.3) is 0 Å². The van der Waals surface area contributed by atoms with E-state index in [-0.39, 0.29) is 46.1 Å². The Kier molecular flexibility index (Phi) is 5.04. The van der Waals surface area contributed by atoms with Gasteiger partial charge in [-0.1, -0.05) is 45.4 Å². The molecule has 0 aromatic rings. The molecule has 0 radical (unpaired) electrons. The van der Waals surface area contributed by atoms with Crippen molar-refractivity contribution in [1.29, 1.82) is 0 Å². The van der Waals surface area contributed by atoms with Crippen molar-refractivity contribution in [3.63, 3.8) is 0 Å². The van der Waals surface area contributed by atoms with Crippen molar-refractivity contribution in [2.45, 2.75) is 76.9 Å². The lowest BCUT2D eigenvalue weighted by Crippen LogP contribution is -2.66. The number of carbonyl (C=O) groups is 2. The summed E-state index contributed by atoms with van der Waals surface area (Å²) in [6, 6.07) is 0. The SMILES string of the molecule is CCC(=O)O[C@@H]1[C@H](C)C[C@H]2[C@@H]3CCC4=C(Cl)C(=O)C=C[C@]4(C)[C@@]3(Cl)[C@@H](O)C[C@]12C. The van der Waals surface area contributed by atoms with Crippen molar-refractivity contribution in [2.75, 3.05) is 0 Å². The van der Waals surface area contributed by atoms with Gasteiger partial charge in [0.2, 0.25) is 0 Å². The molecule has 3 fully saturated rings. The third kappa shape index (κ3) is 2.68. The highest BCUT2D eigenvalue weighted by atomic mass is 35.5. The van der Waals surface area contributed by atoms with E-state index in [1.165, 1.54) is 6.08 Å². The lowest BCUT2D eigenvalue weighted by Gasteiger charge is -2.63. The summed E-state index contributed by atoms with van der Waals surface area (Å²) < 4.78 is 5.89. The van der Waals surface area contributed by atoms with E-state index in [2.05, 4.69) is 13.8 Å². The van der Waals surface area contributed by atoms with Gasteiger partial charge in [-0.15, -0.1) is 11.6 Å². The molecular weight excluding hydrogens is 411 g/mol. The maximum Gasteiger partial charge on any atom is 0.305 e. The Bertz CT molecular complexity index is 820. The number of halogens is 2. The summed E-state index contributed by atoms with van der Waals surface area (Å²) in [7, 11) is 0. The Labute approximate surface area is 182 Å². The van der Waals surface area contributed by atoms with E-state index in [0.29, 0.717) is 19.3 Å². The van der Waals surface area contributed by atoms with Crippen LogP contribution in [-0.2, 0) is 14.3 Å². The van der Waals surface area contributed by atoms with Gasteiger partial charge in [-0.05, 0) is 55.1 Å². The molecule has 1 N–H and O–H groups in total. The van der Waals surface area contributed by atoms with Crippen LogP contribution in [0.3, 0.4) is 0 Å². The molecule has 0 aromatic heterocycles. The molecule has 6 heteroatoms. The van der Waals surface area contributed by atoms with Crippen LogP contribution in [0.15, 0.2) is 22.8 Å². The molecule has 3 saturated carbocycles. The first-order valence-electron chi connectivity index (χ1n) is 10.7. The van der Waals surface area contributed by atoms with E-state index in [1.54, 1.807) is 6.92 Å². The fourth-order valence-corrected chi connectivity index (χ4v) is 7.96. The minimum Gasteiger partial charge on any atom is -0.461 e. The molecule has 0 amide bonds. The summed E-state index contributed by atoms with van der Waals surface area (Å²) in [4.78, 5) is 23.3. The van der Waals surface area contributed by atoms with Gasteiger partial charge in [-0.25, -0.2) is 0 Å². The number of rotatable bonds is 2. The van der Waals surface area contributed by atoms with Crippen molar-refractivity contribution < 1.29 is 19.4 Å². The summed E-state index contributed by atoms with van der Waals surface area (Å²) >= 11 is 13.8. The molecule has 0 saturated heterocycles. The number of ketones is 1. The molecule has 4 aliphatic carbocycles. The molecule has 4 nitrogen and oxygen atoms in total. The topological polar surface area (TPSA) is 63.6 Å². The van der Waals surface area contributed by atoms with Crippen molar-refractivity contribution in [2.24, 2.45) is 28.6 Å². The average molecular weight is 441 g/mol. The Morgan fingerprint density at radius 1 is 1.34 bits per heavy atom. The fraction of sp³-hybridized carbons (Fsp3) is 0.739. The summed E-state index contributed by atoms with van der Waals surface area (Å²) in [6.45, 7) is 8.09. The molecule has 4 aliphatic rings. The predicted octanol–water partition coefficient (Wildman–Crippen LogP) is 4.76. The molecule has 0 aliphatic heterocycles. The highest BCUT2D eigenvalue weighted by Crippen LogP contribution is 2.70. The minimum atomic E-state index is -0.939.